The van der Waals surface area contributed by atoms with Crippen molar-refractivity contribution in [2.45, 2.75) is 44.4 Å². The van der Waals surface area contributed by atoms with Crippen molar-refractivity contribution in [1.82, 2.24) is 10.2 Å². The Morgan fingerprint density at radius 1 is 1.23 bits per heavy atom. The van der Waals surface area contributed by atoms with E-state index < -0.39 is 11.8 Å². The largest absolute Gasteiger partial charge is 0.355 e. The van der Waals surface area contributed by atoms with E-state index in [2.05, 4.69) is 11.9 Å². The summed E-state index contributed by atoms with van der Waals surface area (Å²) in [5.41, 5.74) is 0. The zero-order chi connectivity index (χ0) is 16.2. The molecular weight excluding hydrogens is 290 g/mol. The molecule has 2 rings (SSSR count). The summed E-state index contributed by atoms with van der Waals surface area (Å²) in [5, 5.41) is 2.69. The van der Waals surface area contributed by atoms with E-state index in [1.54, 1.807) is 4.90 Å². The second kappa shape index (κ2) is 7.20. The van der Waals surface area contributed by atoms with Gasteiger partial charge in [0.1, 0.15) is 0 Å². The first kappa shape index (κ1) is 16.9. The van der Waals surface area contributed by atoms with Gasteiger partial charge in [-0.2, -0.15) is 0 Å². The van der Waals surface area contributed by atoms with Crippen LogP contribution in [0.15, 0.2) is 12.7 Å². The number of carbonyl (C=O) groups excluding carboxylic acids is 2. The molecule has 1 aliphatic carbocycles. The van der Waals surface area contributed by atoms with E-state index in [1.165, 1.54) is 6.08 Å². The molecular formula is C16H24F2N2O2. The number of halogens is 2. The molecule has 0 aromatic rings. The summed E-state index contributed by atoms with van der Waals surface area (Å²) in [6.07, 6.45) is 4.19. The first-order valence-corrected chi connectivity index (χ1v) is 8.01. The van der Waals surface area contributed by atoms with Gasteiger partial charge in [0.25, 0.3) is 5.92 Å². The highest BCUT2D eigenvalue weighted by Crippen LogP contribution is 2.38. The molecule has 4 nitrogen and oxygen atoms in total. The highest BCUT2D eigenvalue weighted by molar-refractivity contribution is 5.87. The Kier molecular flexibility index (Phi) is 5.53. The Morgan fingerprint density at radius 3 is 2.50 bits per heavy atom. The molecule has 1 unspecified atom stereocenters. The van der Waals surface area contributed by atoms with Crippen molar-refractivity contribution in [3.63, 3.8) is 0 Å². The number of amides is 2. The predicted molar refractivity (Wildman–Crippen MR) is 79.4 cm³/mol. The number of alkyl halides is 2. The number of piperidine rings is 1. The van der Waals surface area contributed by atoms with Crippen LogP contribution in [0.4, 0.5) is 8.78 Å². The van der Waals surface area contributed by atoms with E-state index in [1.807, 2.05) is 0 Å². The van der Waals surface area contributed by atoms with Crippen molar-refractivity contribution in [3.8, 4) is 0 Å². The smallest absolute Gasteiger partial charge is 0.252 e. The average molecular weight is 314 g/mol. The van der Waals surface area contributed by atoms with Crippen LogP contribution in [0.2, 0.25) is 0 Å². The van der Waals surface area contributed by atoms with Crippen molar-refractivity contribution in [2.24, 2.45) is 11.8 Å². The lowest BCUT2D eigenvalue weighted by Crippen LogP contribution is -2.45. The standard InChI is InChI=1S/C16H24F2N2O2/c1-2-14(21)20-9-6-12(7-10-20)15(22)19-11-13-5-3-4-8-16(13,17)18/h2,12-13H,1,3-11H2,(H,19,22). The molecule has 0 aromatic carbocycles. The topological polar surface area (TPSA) is 49.4 Å². The van der Waals surface area contributed by atoms with Crippen molar-refractivity contribution >= 4 is 11.8 Å². The zero-order valence-corrected chi connectivity index (χ0v) is 12.8. The monoisotopic (exact) mass is 314 g/mol. The number of carbonyl (C=O) groups is 2. The average Bonchev–Trinajstić information content (AvgIpc) is 2.52. The van der Waals surface area contributed by atoms with Crippen LogP contribution >= 0.6 is 0 Å². The van der Waals surface area contributed by atoms with Gasteiger partial charge in [0, 0.05) is 37.9 Å². The molecule has 1 aliphatic heterocycles. The minimum atomic E-state index is -2.66. The van der Waals surface area contributed by atoms with Gasteiger partial charge in [-0.15, -0.1) is 0 Å². The van der Waals surface area contributed by atoms with Gasteiger partial charge in [0.05, 0.1) is 0 Å². The highest BCUT2D eigenvalue weighted by Gasteiger charge is 2.41. The lowest BCUT2D eigenvalue weighted by Gasteiger charge is -2.33. The fourth-order valence-electron chi connectivity index (χ4n) is 3.28. The SMILES string of the molecule is C=CC(=O)N1CCC(C(=O)NCC2CCCCC2(F)F)CC1. The van der Waals surface area contributed by atoms with Crippen molar-refractivity contribution in [2.75, 3.05) is 19.6 Å². The highest BCUT2D eigenvalue weighted by atomic mass is 19.3. The fourth-order valence-corrected chi connectivity index (χ4v) is 3.28. The van der Waals surface area contributed by atoms with Crippen LogP contribution in [0.3, 0.4) is 0 Å². The first-order chi connectivity index (χ1) is 10.4. The van der Waals surface area contributed by atoms with E-state index in [0.717, 1.165) is 6.42 Å². The van der Waals surface area contributed by atoms with Gasteiger partial charge in [-0.25, -0.2) is 8.78 Å². The molecule has 1 N–H and O–H groups in total. The summed E-state index contributed by atoms with van der Waals surface area (Å²) in [5.74, 6) is -3.88. The van der Waals surface area contributed by atoms with Crippen LogP contribution in [0, 0.1) is 11.8 Å². The molecule has 6 heteroatoms. The maximum absolute atomic E-state index is 13.7. The maximum Gasteiger partial charge on any atom is 0.252 e. The third-order valence-electron chi connectivity index (χ3n) is 4.78. The number of rotatable bonds is 4. The van der Waals surface area contributed by atoms with Gasteiger partial charge in [0.15, 0.2) is 0 Å². The van der Waals surface area contributed by atoms with Gasteiger partial charge in [-0.05, 0) is 31.8 Å². The minimum Gasteiger partial charge on any atom is -0.355 e. The third-order valence-corrected chi connectivity index (χ3v) is 4.78. The quantitative estimate of drug-likeness (QED) is 0.810. The lowest BCUT2D eigenvalue weighted by atomic mass is 9.85. The summed E-state index contributed by atoms with van der Waals surface area (Å²) in [6, 6.07) is 0. The Bertz CT molecular complexity index is 432. The zero-order valence-electron chi connectivity index (χ0n) is 12.8. The number of nitrogens with one attached hydrogen (secondary N) is 1. The van der Waals surface area contributed by atoms with Crippen LogP contribution in [-0.2, 0) is 9.59 Å². The number of nitrogens with zero attached hydrogens (tertiary/aromatic N) is 1. The van der Waals surface area contributed by atoms with E-state index in [0.29, 0.717) is 38.8 Å². The molecule has 0 spiro atoms. The predicted octanol–water partition coefficient (Wildman–Crippen LogP) is 2.35. The summed E-state index contributed by atoms with van der Waals surface area (Å²) in [7, 11) is 0. The molecule has 1 atom stereocenters. The van der Waals surface area contributed by atoms with Gasteiger partial charge in [-0.3, -0.25) is 9.59 Å². The normalized spacial score (nSPS) is 25.5. The third kappa shape index (κ3) is 4.05. The van der Waals surface area contributed by atoms with Crippen LogP contribution < -0.4 is 5.32 Å². The molecule has 2 amide bonds. The fraction of sp³-hybridized carbons (Fsp3) is 0.750. The van der Waals surface area contributed by atoms with Gasteiger partial charge >= 0.3 is 0 Å². The van der Waals surface area contributed by atoms with Gasteiger partial charge in [-0.1, -0.05) is 13.0 Å². The Balaban J connectivity index is 1.76. The van der Waals surface area contributed by atoms with E-state index >= 15 is 0 Å². The van der Waals surface area contributed by atoms with Crippen LogP contribution in [-0.4, -0.2) is 42.3 Å². The molecule has 1 heterocycles. The van der Waals surface area contributed by atoms with Crippen LogP contribution in [0.5, 0.6) is 0 Å². The summed E-state index contributed by atoms with van der Waals surface area (Å²) in [6.45, 7) is 4.53. The molecule has 0 aromatic heterocycles. The van der Waals surface area contributed by atoms with E-state index in [4.69, 9.17) is 0 Å². The van der Waals surface area contributed by atoms with E-state index in [9.17, 15) is 18.4 Å². The second-order valence-corrected chi connectivity index (χ2v) is 6.25. The number of hydrogen-bond acceptors (Lipinski definition) is 2. The van der Waals surface area contributed by atoms with Crippen LogP contribution in [0.1, 0.15) is 38.5 Å². The Morgan fingerprint density at radius 2 is 1.91 bits per heavy atom. The second-order valence-electron chi connectivity index (χ2n) is 6.25. The summed E-state index contributed by atoms with van der Waals surface area (Å²) in [4.78, 5) is 25.2. The van der Waals surface area contributed by atoms with Crippen molar-refractivity contribution in [3.05, 3.63) is 12.7 Å². The molecule has 1 saturated carbocycles. The Hall–Kier alpha value is -1.46. The maximum atomic E-state index is 13.7. The van der Waals surface area contributed by atoms with Gasteiger partial charge < -0.3 is 10.2 Å². The molecule has 1 saturated heterocycles. The lowest BCUT2D eigenvalue weighted by molar-refractivity contribution is -0.133. The molecule has 2 aliphatic rings. The van der Waals surface area contributed by atoms with Crippen LogP contribution in [0.25, 0.3) is 0 Å². The summed E-state index contributed by atoms with van der Waals surface area (Å²) < 4.78 is 27.5. The first-order valence-electron chi connectivity index (χ1n) is 8.01. The minimum absolute atomic E-state index is 0.0532. The Labute approximate surface area is 129 Å². The summed E-state index contributed by atoms with van der Waals surface area (Å²) >= 11 is 0. The van der Waals surface area contributed by atoms with E-state index in [-0.39, 0.29) is 30.7 Å². The molecule has 22 heavy (non-hydrogen) atoms. The number of hydrogen-bond donors (Lipinski definition) is 1. The number of likely N-dealkylation sites (tertiary alicyclic amines) is 1. The van der Waals surface area contributed by atoms with Crippen molar-refractivity contribution in [1.29, 1.82) is 0 Å². The van der Waals surface area contributed by atoms with Gasteiger partial charge in [0.2, 0.25) is 11.8 Å². The molecule has 0 radical (unpaired) electrons. The molecule has 2 fully saturated rings. The van der Waals surface area contributed by atoms with Crippen molar-refractivity contribution < 1.29 is 18.4 Å². The molecule has 124 valence electrons. The molecule has 0 bridgehead atoms.